The Balaban J connectivity index is 1.87. The summed E-state index contributed by atoms with van der Waals surface area (Å²) in [6.07, 6.45) is 0. The summed E-state index contributed by atoms with van der Waals surface area (Å²) >= 11 is 11.9. The molecule has 30 heavy (non-hydrogen) atoms. The van der Waals surface area contributed by atoms with Gasteiger partial charge in [-0.25, -0.2) is 9.59 Å². The third-order valence-electron chi connectivity index (χ3n) is 4.07. The van der Waals surface area contributed by atoms with Crippen LogP contribution in [0.25, 0.3) is 11.3 Å². The van der Waals surface area contributed by atoms with Gasteiger partial charge in [0.25, 0.3) is 5.91 Å². The van der Waals surface area contributed by atoms with E-state index in [1.54, 1.807) is 18.2 Å². The largest absolute Gasteiger partial charge is 0.465 e. The lowest BCUT2D eigenvalue weighted by Crippen LogP contribution is -2.14. The number of amides is 1. The van der Waals surface area contributed by atoms with Crippen LogP contribution in [0.2, 0.25) is 10.0 Å². The van der Waals surface area contributed by atoms with E-state index in [1.807, 2.05) is 0 Å². The van der Waals surface area contributed by atoms with Crippen LogP contribution in [0.4, 0.5) is 5.69 Å². The number of methoxy groups -OCH3 is 2. The number of hydrogen-bond donors (Lipinski definition) is 2. The van der Waals surface area contributed by atoms with Gasteiger partial charge in [0, 0.05) is 11.3 Å². The van der Waals surface area contributed by atoms with E-state index in [4.69, 9.17) is 23.2 Å². The topological polar surface area (TPSA) is 110 Å². The number of esters is 2. The highest BCUT2D eigenvalue weighted by Gasteiger charge is 2.17. The SMILES string of the molecule is COC(=O)c1cc(NC(=O)c2cc(-c3ccc(Cl)c(Cl)c3)n[nH]2)cc(C(=O)OC)c1. The minimum Gasteiger partial charge on any atom is -0.465 e. The number of H-pyrrole nitrogens is 1. The van der Waals surface area contributed by atoms with Gasteiger partial charge >= 0.3 is 11.9 Å². The fourth-order valence-corrected chi connectivity index (χ4v) is 2.91. The molecule has 0 aliphatic heterocycles. The van der Waals surface area contributed by atoms with Gasteiger partial charge in [-0.2, -0.15) is 5.10 Å². The van der Waals surface area contributed by atoms with Crippen molar-refractivity contribution >= 4 is 46.7 Å². The highest BCUT2D eigenvalue weighted by Crippen LogP contribution is 2.28. The van der Waals surface area contributed by atoms with Crippen LogP contribution < -0.4 is 5.32 Å². The molecule has 1 heterocycles. The maximum atomic E-state index is 12.6. The molecular formula is C20H15Cl2N3O5. The molecule has 10 heteroatoms. The Morgan fingerprint density at radius 2 is 1.53 bits per heavy atom. The van der Waals surface area contributed by atoms with Crippen molar-refractivity contribution in [1.82, 2.24) is 10.2 Å². The summed E-state index contributed by atoms with van der Waals surface area (Å²) in [4.78, 5) is 36.4. The second-order valence-electron chi connectivity index (χ2n) is 6.03. The molecule has 0 saturated carbocycles. The van der Waals surface area contributed by atoms with Gasteiger partial charge in [-0.1, -0.05) is 29.3 Å². The van der Waals surface area contributed by atoms with Gasteiger partial charge in [-0.3, -0.25) is 9.89 Å². The van der Waals surface area contributed by atoms with Crippen molar-refractivity contribution in [2.24, 2.45) is 0 Å². The van der Waals surface area contributed by atoms with Crippen molar-refractivity contribution in [3.05, 3.63) is 69.3 Å². The summed E-state index contributed by atoms with van der Waals surface area (Å²) in [7, 11) is 2.42. The number of anilines is 1. The van der Waals surface area contributed by atoms with E-state index < -0.39 is 17.8 Å². The first-order chi connectivity index (χ1) is 14.3. The predicted molar refractivity (Wildman–Crippen MR) is 111 cm³/mol. The number of carbonyl (C=O) groups excluding carboxylic acids is 3. The van der Waals surface area contributed by atoms with Gasteiger partial charge in [-0.05, 0) is 36.4 Å². The molecular weight excluding hydrogens is 433 g/mol. The molecule has 0 radical (unpaired) electrons. The van der Waals surface area contributed by atoms with Gasteiger partial charge < -0.3 is 14.8 Å². The standard InChI is InChI=1S/C20H15Cl2N3O5/c1-29-19(27)11-5-12(20(28)30-2)7-13(6-11)23-18(26)17-9-16(24-25-17)10-3-4-14(21)15(22)8-10/h3-9H,1-2H3,(H,23,26)(H,24,25). The zero-order valence-corrected chi connectivity index (χ0v) is 17.3. The molecule has 8 nitrogen and oxygen atoms in total. The molecule has 154 valence electrons. The van der Waals surface area contributed by atoms with Crippen molar-refractivity contribution < 1.29 is 23.9 Å². The monoisotopic (exact) mass is 447 g/mol. The molecule has 0 bridgehead atoms. The lowest BCUT2D eigenvalue weighted by Gasteiger charge is -2.09. The highest BCUT2D eigenvalue weighted by atomic mass is 35.5. The number of benzene rings is 2. The second kappa shape index (κ2) is 8.98. The maximum Gasteiger partial charge on any atom is 0.337 e. The number of aromatic amines is 1. The lowest BCUT2D eigenvalue weighted by atomic mass is 10.1. The third-order valence-corrected chi connectivity index (χ3v) is 4.81. The second-order valence-corrected chi connectivity index (χ2v) is 6.85. The third kappa shape index (κ3) is 4.61. The number of ether oxygens (including phenoxy) is 2. The minimum atomic E-state index is -0.667. The molecule has 0 atom stereocenters. The van der Waals surface area contributed by atoms with E-state index in [9.17, 15) is 14.4 Å². The fourth-order valence-electron chi connectivity index (χ4n) is 2.61. The average molecular weight is 448 g/mol. The molecule has 3 aromatic rings. The summed E-state index contributed by atoms with van der Waals surface area (Å²) in [6.45, 7) is 0. The van der Waals surface area contributed by atoms with Crippen LogP contribution in [-0.2, 0) is 9.47 Å². The van der Waals surface area contributed by atoms with Crippen LogP contribution in [0.3, 0.4) is 0 Å². The molecule has 0 aliphatic rings. The maximum absolute atomic E-state index is 12.6. The number of halogens is 2. The fraction of sp³-hybridized carbons (Fsp3) is 0.100. The summed E-state index contributed by atoms with van der Waals surface area (Å²) in [5.74, 6) is -1.87. The summed E-state index contributed by atoms with van der Waals surface area (Å²) in [6, 6.07) is 10.6. The van der Waals surface area contributed by atoms with E-state index >= 15 is 0 Å². The molecule has 2 aromatic carbocycles. The Bertz CT molecular complexity index is 1110. The lowest BCUT2D eigenvalue weighted by molar-refractivity contribution is 0.0599. The number of hydrogen-bond acceptors (Lipinski definition) is 6. The van der Waals surface area contributed by atoms with Crippen LogP contribution in [-0.4, -0.2) is 42.3 Å². The molecule has 3 rings (SSSR count). The first-order valence-electron chi connectivity index (χ1n) is 8.46. The van der Waals surface area contributed by atoms with Gasteiger partial charge in [0.05, 0.1) is 41.1 Å². The van der Waals surface area contributed by atoms with Crippen molar-refractivity contribution in [2.75, 3.05) is 19.5 Å². The first kappa shape index (κ1) is 21.4. The smallest absolute Gasteiger partial charge is 0.337 e. The van der Waals surface area contributed by atoms with Gasteiger partial charge in [-0.15, -0.1) is 0 Å². The Morgan fingerprint density at radius 3 is 2.10 bits per heavy atom. The van der Waals surface area contributed by atoms with Gasteiger partial charge in [0.15, 0.2) is 0 Å². The molecule has 0 saturated heterocycles. The van der Waals surface area contributed by atoms with Crippen LogP contribution in [0, 0.1) is 0 Å². The van der Waals surface area contributed by atoms with Crippen LogP contribution in [0.1, 0.15) is 31.2 Å². The Morgan fingerprint density at radius 1 is 0.900 bits per heavy atom. The quantitative estimate of drug-likeness (QED) is 0.566. The van der Waals surface area contributed by atoms with Crippen LogP contribution in [0.5, 0.6) is 0 Å². The first-order valence-corrected chi connectivity index (χ1v) is 9.22. The molecule has 0 aliphatic carbocycles. The van der Waals surface area contributed by atoms with E-state index in [1.165, 1.54) is 38.5 Å². The number of nitrogens with zero attached hydrogens (tertiary/aromatic N) is 1. The highest BCUT2D eigenvalue weighted by molar-refractivity contribution is 6.42. The summed E-state index contributed by atoms with van der Waals surface area (Å²) in [5.41, 5.74) is 1.67. The summed E-state index contributed by atoms with van der Waals surface area (Å²) < 4.78 is 9.36. The van der Waals surface area contributed by atoms with E-state index in [2.05, 4.69) is 25.0 Å². The van der Waals surface area contributed by atoms with E-state index in [-0.39, 0.29) is 22.5 Å². The molecule has 0 fully saturated rings. The normalized spacial score (nSPS) is 10.4. The zero-order chi connectivity index (χ0) is 21.8. The number of rotatable bonds is 5. The molecule has 1 amide bonds. The van der Waals surface area contributed by atoms with Gasteiger partial charge in [0.1, 0.15) is 5.69 Å². The van der Waals surface area contributed by atoms with E-state index in [0.717, 1.165) is 0 Å². The summed E-state index contributed by atoms with van der Waals surface area (Å²) in [5, 5.41) is 10.1. The van der Waals surface area contributed by atoms with Crippen molar-refractivity contribution in [3.63, 3.8) is 0 Å². The molecule has 2 N–H and O–H groups in total. The van der Waals surface area contributed by atoms with Gasteiger partial charge in [0.2, 0.25) is 0 Å². The predicted octanol–water partition coefficient (Wildman–Crippen LogP) is 4.21. The van der Waals surface area contributed by atoms with Crippen LogP contribution >= 0.6 is 23.2 Å². The van der Waals surface area contributed by atoms with E-state index in [0.29, 0.717) is 21.3 Å². The van der Waals surface area contributed by atoms with Crippen molar-refractivity contribution in [2.45, 2.75) is 0 Å². The molecule has 1 aromatic heterocycles. The number of aromatic nitrogens is 2. The Labute approximate surface area is 181 Å². The average Bonchev–Trinajstić information content (AvgIpc) is 3.24. The molecule has 0 unspecified atom stereocenters. The van der Waals surface area contributed by atoms with Crippen LogP contribution in [0.15, 0.2) is 42.5 Å². The molecule has 0 spiro atoms. The Hall–Kier alpha value is -3.36. The number of carbonyl (C=O) groups is 3. The van der Waals surface area contributed by atoms with Crippen molar-refractivity contribution in [3.8, 4) is 11.3 Å². The Kier molecular flexibility index (Phi) is 6.39. The zero-order valence-electron chi connectivity index (χ0n) is 15.8. The van der Waals surface area contributed by atoms with Crippen molar-refractivity contribution in [1.29, 1.82) is 0 Å². The minimum absolute atomic E-state index is 0.0804. The number of nitrogens with one attached hydrogen (secondary N) is 2.